The van der Waals surface area contributed by atoms with Gasteiger partial charge in [0.25, 0.3) is 5.56 Å². The number of benzene rings is 1. The molecule has 0 atom stereocenters. The molecule has 1 aromatic carbocycles. The normalized spacial score (nSPS) is 13.1. The summed E-state index contributed by atoms with van der Waals surface area (Å²) in [4.78, 5) is 49.9. The molecule has 140 valence electrons. The Morgan fingerprint density at radius 3 is 2.63 bits per heavy atom. The van der Waals surface area contributed by atoms with Gasteiger partial charge in [-0.05, 0) is 24.3 Å². The highest BCUT2D eigenvalue weighted by Crippen LogP contribution is 2.30. The Hall–Kier alpha value is -3.14. The second-order valence-electron chi connectivity index (χ2n) is 5.68. The number of aromatic nitrogens is 2. The van der Waals surface area contributed by atoms with Gasteiger partial charge < -0.3 is 15.0 Å². The maximum absolute atomic E-state index is 12.6. The van der Waals surface area contributed by atoms with Gasteiger partial charge in [0.1, 0.15) is 12.2 Å². The first-order chi connectivity index (χ1) is 12.9. The number of amides is 2. The van der Waals surface area contributed by atoms with E-state index < -0.39 is 17.4 Å². The van der Waals surface area contributed by atoms with Gasteiger partial charge in [-0.3, -0.25) is 14.4 Å². The van der Waals surface area contributed by atoms with Crippen molar-refractivity contribution in [3.8, 4) is 0 Å². The predicted octanol–water partition coefficient (Wildman–Crippen LogP) is 0.737. The Morgan fingerprint density at radius 1 is 1.26 bits per heavy atom. The van der Waals surface area contributed by atoms with Crippen LogP contribution in [0.1, 0.15) is 10.4 Å². The number of methoxy groups -OCH3 is 1. The minimum Gasteiger partial charge on any atom is -0.465 e. The van der Waals surface area contributed by atoms with Crippen molar-refractivity contribution >= 4 is 40.9 Å². The lowest BCUT2D eigenvalue weighted by Crippen LogP contribution is -2.40. The van der Waals surface area contributed by atoms with Crippen molar-refractivity contribution in [1.29, 1.82) is 0 Å². The van der Waals surface area contributed by atoms with Gasteiger partial charge in [0, 0.05) is 12.7 Å². The number of rotatable bonds is 4. The smallest absolute Gasteiger partial charge is 0.337 e. The Balaban J connectivity index is 1.74. The number of nitrogens with zero attached hydrogens (tertiary/aromatic N) is 3. The summed E-state index contributed by atoms with van der Waals surface area (Å²) in [6.07, 6.45) is 1.47. The van der Waals surface area contributed by atoms with E-state index in [1.165, 1.54) is 49.1 Å². The third-order valence-electron chi connectivity index (χ3n) is 3.93. The van der Waals surface area contributed by atoms with Gasteiger partial charge in [-0.2, -0.15) is 5.10 Å². The van der Waals surface area contributed by atoms with Crippen LogP contribution in [0.2, 0.25) is 0 Å². The number of carbonyl (C=O) groups is 3. The SMILES string of the molecule is COC(=O)c1ccc(NC(=O)Cn2ncc3c(c2=O)N(C)C(=O)CS3)cc1. The zero-order valence-corrected chi connectivity index (χ0v) is 15.4. The molecule has 9 nitrogen and oxygen atoms in total. The number of carbonyl (C=O) groups excluding carboxylic acids is 3. The summed E-state index contributed by atoms with van der Waals surface area (Å²) in [6, 6.07) is 6.14. The van der Waals surface area contributed by atoms with E-state index in [-0.39, 0.29) is 23.9 Å². The minimum absolute atomic E-state index is 0.183. The lowest BCUT2D eigenvalue weighted by molar-refractivity contribution is -0.117. The molecular formula is C17H16N4O5S. The molecule has 2 heterocycles. The van der Waals surface area contributed by atoms with Crippen molar-refractivity contribution in [3.63, 3.8) is 0 Å². The van der Waals surface area contributed by atoms with E-state index in [4.69, 9.17) is 0 Å². The maximum atomic E-state index is 12.6. The standard InChI is InChI=1S/C17H16N4O5S/c1-20-14(23)9-27-12-7-18-21(16(24)15(12)20)8-13(22)19-11-5-3-10(4-6-11)17(25)26-2/h3-7H,8-9H2,1-2H3,(H,19,22). The van der Waals surface area contributed by atoms with Crippen LogP contribution in [0.3, 0.4) is 0 Å². The molecule has 0 aliphatic carbocycles. The molecule has 1 aromatic heterocycles. The highest BCUT2D eigenvalue weighted by atomic mass is 32.2. The number of hydrogen-bond acceptors (Lipinski definition) is 7. The molecule has 0 bridgehead atoms. The van der Waals surface area contributed by atoms with Gasteiger partial charge >= 0.3 is 5.97 Å². The molecule has 27 heavy (non-hydrogen) atoms. The van der Waals surface area contributed by atoms with Gasteiger partial charge in [-0.25, -0.2) is 9.48 Å². The van der Waals surface area contributed by atoms with Crippen LogP contribution in [0.25, 0.3) is 0 Å². The van der Waals surface area contributed by atoms with Crippen LogP contribution in [0.4, 0.5) is 11.4 Å². The third-order valence-corrected chi connectivity index (χ3v) is 4.93. The van der Waals surface area contributed by atoms with E-state index >= 15 is 0 Å². The molecule has 1 aliphatic rings. The van der Waals surface area contributed by atoms with Crippen molar-refractivity contribution in [2.75, 3.05) is 30.1 Å². The fourth-order valence-electron chi connectivity index (χ4n) is 2.50. The molecule has 2 aromatic rings. The van der Waals surface area contributed by atoms with Gasteiger partial charge in [-0.15, -0.1) is 11.8 Å². The maximum Gasteiger partial charge on any atom is 0.337 e. The Labute approximate surface area is 158 Å². The highest BCUT2D eigenvalue weighted by molar-refractivity contribution is 8.00. The van der Waals surface area contributed by atoms with E-state index in [9.17, 15) is 19.2 Å². The molecule has 10 heteroatoms. The fraction of sp³-hybridized carbons (Fsp3) is 0.235. The van der Waals surface area contributed by atoms with E-state index in [2.05, 4.69) is 15.2 Å². The zero-order valence-electron chi connectivity index (χ0n) is 14.6. The highest BCUT2D eigenvalue weighted by Gasteiger charge is 2.26. The number of hydrogen-bond donors (Lipinski definition) is 1. The number of nitrogens with one attached hydrogen (secondary N) is 1. The molecule has 2 amide bonds. The van der Waals surface area contributed by atoms with Crippen molar-refractivity contribution in [2.45, 2.75) is 11.4 Å². The summed E-state index contributed by atoms with van der Waals surface area (Å²) in [5.74, 6) is -0.879. The number of esters is 1. The van der Waals surface area contributed by atoms with Crippen LogP contribution in [0.15, 0.2) is 40.2 Å². The molecule has 1 N–H and O–H groups in total. The van der Waals surface area contributed by atoms with Crippen molar-refractivity contribution in [3.05, 3.63) is 46.4 Å². The van der Waals surface area contributed by atoms with Crippen molar-refractivity contribution in [1.82, 2.24) is 9.78 Å². The summed E-state index contributed by atoms with van der Waals surface area (Å²) in [7, 11) is 2.81. The van der Waals surface area contributed by atoms with Gasteiger partial charge in [0.2, 0.25) is 11.8 Å². The van der Waals surface area contributed by atoms with Crippen LogP contribution >= 0.6 is 11.8 Å². The lowest BCUT2D eigenvalue weighted by atomic mass is 10.2. The molecule has 0 unspecified atom stereocenters. The van der Waals surface area contributed by atoms with E-state index in [0.29, 0.717) is 16.1 Å². The van der Waals surface area contributed by atoms with Gasteiger partial charge in [0.15, 0.2) is 0 Å². The number of anilines is 2. The quantitative estimate of drug-likeness (QED) is 0.769. The first-order valence-corrected chi connectivity index (χ1v) is 8.87. The number of ether oxygens (including phenoxy) is 1. The Kier molecular flexibility index (Phi) is 5.26. The average molecular weight is 388 g/mol. The second kappa shape index (κ2) is 7.62. The summed E-state index contributed by atoms with van der Waals surface area (Å²) in [6.45, 7) is -0.308. The average Bonchev–Trinajstić information content (AvgIpc) is 2.66. The lowest BCUT2D eigenvalue weighted by Gasteiger charge is -2.24. The fourth-order valence-corrected chi connectivity index (χ4v) is 3.45. The van der Waals surface area contributed by atoms with Crippen LogP contribution in [-0.4, -0.2) is 47.5 Å². The van der Waals surface area contributed by atoms with Gasteiger partial charge in [-0.1, -0.05) is 0 Å². The van der Waals surface area contributed by atoms with Crippen LogP contribution in [-0.2, 0) is 20.9 Å². The third kappa shape index (κ3) is 3.85. The second-order valence-corrected chi connectivity index (χ2v) is 6.70. The summed E-state index contributed by atoms with van der Waals surface area (Å²) < 4.78 is 5.62. The van der Waals surface area contributed by atoms with E-state index in [0.717, 1.165) is 4.68 Å². The van der Waals surface area contributed by atoms with Crippen molar-refractivity contribution < 1.29 is 19.1 Å². The van der Waals surface area contributed by atoms with Crippen LogP contribution in [0, 0.1) is 0 Å². The molecule has 0 radical (unpaired) electrons. The summed E-state index contributed by atoms with van der Waals surface area (Å²) in [5.41, 5.74) is 0.531. The largest absolute Gasteiger partial charge is 0.465 e. The van der Waals surface area contributed by atoms with Crippen molar-refractivity contribution in [2.24, 2.45) is 0 Å². The molecule has 0 fully saturated rings. The summed E-state index contributed by atoms with van der Waals surface area (Å²) in [5, 5.41) is 6.63. The topological polar surface area (TPSA) is 111 Å². The molecular weight excluding hydrogens is 372 g/mol. The molecule has 0 saturated heterocycles. The van der Waals surface area contributed by atoms with E-state index in [1.54, 1.807) is 12.1 Å². The van der Waals surface area contributed by atoms with Crippen LogP contribution < -0.4 is 15.8 Å². The first-order valence-electron chi connectivity index (χ1n) is 7.88. The molecule has 1 aliphatic heterocycles. The van der Waals surface area contributed by atoms with Gasteiger partial charge in [0.05, 0.1) is 29.5 Å². The Morgan fingerprint density at radius 2 is 1.96 bits per heavy atom. The molecule has 0 spiro atoms. The monoisotopic (exact) mass is 388 g/mol. The summed E-state index contributed by atoms with van der Waals surface area (Å²) >= 11 is 1.25. The molecule has 0 saturated carbocycles. The van der Waals surface area contributed by atoms with E-state index in [1.807, 2.05) is 0 Å². The molecule has 3 rings (SSSR count). The predicted molar refractivity (Wildman–Crippen MR) is 99.0 cm³/mol. The Bertz CT molecular complexity index is 970. The van der Waals surface area contributed by atoms with Crippen LogP contribution in [0.5, 0.6) is 0 Å². The number of thioether (sulfide) groups is 1. The zero-order chi connectivity index (χ0) is 19.6. The minimum atomic E-state index is -0.508. The first kappa shape index (κ1) is 18.6. The number of fused-ring (bicyclic) bond motifs is 1.